The third kappa shape index (κ3) is 4.27. The maximum absolute atomic E-state index is 12.4. The minimum atomic E-state index is -0.365. The summed E-state index contributed by atoms with van der Waals surface area (Å²) in [6, 6.07) is 9.67. The highest BCUT2D eigenvalue weighted by atomic mass is 35.5. The number of nitrogens with one attached hydrogen (secondary N) is 2. The van der Waals surface area contributed by atoms with E-state index in [1.807, 2.05) is 6.92 Å². The Morgan fingerprint density at radius 2 is 1.68 bits per heavy atom. The number of amides is 2. The molecule has 0 spiro atoms. The number of hydrogen-bond donors (Lipinski definition) is 2. The molecular weight excluding hydrogens is 383 g/mol. The Morgan fingerprint density at radius 3 is 2.36 bits per heavy atom. The Balaban J connectivity index is 1.73. The second-order valence-electron chi connectivity index (χ2n) is 6.09. The second kappa shape index (κ2) is 7.24. The van der Waals surface area contributed by atoms with Crippen molar-refractivity contribution in [3.05, 3.63) is 57.0 Å². The molecule has 2 aromatic carbocycles. The Bertz CT molecular complexity index is 854. The quantitative estimate of drug-likeness (QED) is 0.670. The average Bonchev–Trinajstić information content (AvgIpc) is 3.30. The van der Waals surface area contributed by atoms with Crippen LogP contribution in [0.2, 0.25) is 15.1 Å². The molecule has 2 amide bonds. The number of halogens is 3. The van der Waals surface area contributed by atoms with Crippen LogP contribution in [-0.4, -0.2) is 11.8 Å². The molecule has 1 aliphatic rings. The van der Waals surface area contributed by atoms with Crippen LogP contribution < -0.4 is 10.6 Å². The molecule has 0 aliphatic heterocycles. The summed E-state index contributed by atoms with van der Waals surface area (Å²) < 4.78 is 0. The third-order valence-corrected chi connectivity index (χ3v) is 5.13. The Morgan fingerprint density at radius 1 is 1.00 bits per heavy atom. The molecule has 3 rings (SSSR count). The van der Waals surface area contributed by atoms with E-state index in [-0.39, 0.29) is 22.8 Å². The molecule has 25 heavy (non-hydrogen) atoms. The molecule has 2 unspecified atom stereocenters. The van der Waals surface area contributed by atoms with Crippen LogP contribution in [0, 0.1) is 11.8 Å². The average molecular weight is 398 g/mol. The summed E-state index contributed by atoms with van der Waals surface area (Å²) in [5.74, 6) is 0.101. The molecule has 0 aromatic heterocycles. The summed E-state index contributed by atoms with van der Waals surface area (Å²) in [7, 11) is 0. The first-order chi connectivity index (χ1) is 11.8. The van der Waals surface area contributed by atoms with Crippen molar-refractivity contribution < 1.29 is 9.59 Å². The van der Waals surface area contributed by atoms with Crippen molar-refractivity contribution in [1.29, 1.82) is 0 Å². The minimum absolute atomic E-state index is 0.0161. The second-order valence-corrected chi connectivity index (χ2v) is 7.31. The Labute approximate surface area is 160 Å². The maximum Gasteiger partial charge on any atom is 0.255 e. The Hall–Kier alpha value is -1.75. The van der Waals surface area contributed by atoms with Crippen LogP contribution in [0.4, 0.5) is 11.4 Å². The lowest BCUT2D eigenvalue weighted by atomic mass is 10.1. The fourth-order valence-corrected chi connectivity index (χ4v) is 3.07. The van der Waals surface area contributed by atoms with Crippen LogP contribution in [-0.2, 0) is 4.79 Å². The molecule has 2 atom stereocenters. The van der Waals surface area contributed by atoms with Gasteiger partial charge in [0.15, 0.2) is 0 Å². The molecule has 0 saturated heterocycles. The van der Waals surface area contributed by atoms with Gasteiger partial charge < -0.3 is 10.6 Å². The monoisotopic (exact) mass is 396 g/mol. The highest BCUT2D eigenvalue weighted by Gasteiger charge is 2.39. The summed E-state index contributed by atoms with van der Waals surface area (Å²) in [5.41, 5.74) is 1.34. The smallest absolute Gasteiger partial charge is 0.255 e. The highest BCUT2D eigenvalue weighted by molar-refractivity contribution is 6.44. The van der Waals surface area contributed by atoms with Gasteiger partial charge in [-0.1, -0.05) is 47.8 Å². The molecule has 130 valence electrons. The van der Waals surface area contributed by atoms with Crippen LogP contribution in [0.15, 0.2) is 36.4 Å². The number of carbonyl (C=O) groups is 2. The van der Waals surface area contributed by atoms with Crippen molar-refractivity contribution >= 4 is 58.0 Å². The van der Waals surface area contributed by atoms with Crippen molar-refractivity contribution in [3.63, 3.8) is 0 Å². The number of hydrogen-bond acceptors (Lipinski definition) is 2. The molecular formula is C18H15Cl3N2O2. The summed E-state index contributed by atoms with van der Waals surface area (Å²) in [5, 5.41) is 6.42. The fraction of sp³-hybridized carbons (Fsp3) is 0.222. The van der Waals surface area contributed by atoms with Crippen molar-refractivity contribution in [3.8, 4) is 0 Å². The molecule has 4 nitrogen and oxygen atoms in total. The Kier molecular flexibility index (Phi) is 5.23. The van der Waals surface area contributed by atoms with Crippen molar-refractivity contribution in [2.24, 2.45) is 11.8 Å². The zero-order chi connectivity index (χ0) is 18.1. The minimum Gasteiger partial charge on any atom is -0.326 e. The third-order valence-electron chi connectivity index (χ3n) is 4.10. The van der Waals surface area contributed by atoms with E-state index >= 15 is 0 Å². The van der Waals surface area contributed by atoms with E-state index in [1.54, 1.807) is 24.3 Å². The lowest BCUT2D eigenvalue weighted by Crippen LogP contribution is -2.16. The van der Waals surface area contributed by atoms with Crippen LogP contribution >= 0.6 is 34.8 Å². The first-order valence-corrected chi connectivity index (χ1v) is 8.85. The van der Waals surface area contributed by atoms with E-state index < -0.39 is 0 Å². The predicted octanol–water partition coefficient (Wildman–Crippen LogP) is 5.49. The van der Waals surface area contributed by atoms with Gasteiger partial charge in [0.2, 0.25) is 5.91 Å². The number of anilines is 2. The summed E-state index contributed by atoms with van der Waals surface area (Å²) in [4.78, 5) is 24.5. The van der Waals surface area contributed by atoms with Crippen LogP contribution in [0.1, 0.15) is 23.7 Å². The van der Waals surface area contributed by atoms with Gasteiger partial charge >= 0.3 is 0 Å². The van der Waals surface area contributed by atoms with Crippen molar-refractivity contribution in [2.75, 3.05) is 10.6 Å². The van der Waals surface area contributed by atoms with Gasteiger partial charge in [0.1, 0.15) is 0 Å². The van der Waals surface area contributed by atoms with Gasteiger partial charge in [-0.3, -0.25) is 9.59 Å². The van der Waals surface area contributed by atoms with Crippen molar-refractivity contribution in [1.82, 2.24) is 0 Å². The molecule has 1 saturated carbocycles. The standard InChI is InChI=1S/C18H15Cl3N2O2/c1-9-5-12(9)18(25)22-11-4-2-3-10(6-11)17(24)23-16-8-14(20)13(19)7-15(16)21/h2-4,6-9,12H,5H2,1H3,(H,22,25)(H,23,24). The van der Waals surface area contributed by atoms with Gasteiger partial charge in [-0.05, 0) is 42.7 Å². The lowest BCUT2D eigenvalue weighted by molar-refractivity contribution is -0.117. The van der Waals surface area contributed by atoms with Crippen LogP contribution in [0.25, 0.3) is 0 Å². The molecule has 2 aromatic rings. The molecule has 0 bridgehead atoms. The molecule has 7 heteroatoms. The normalized spacial score (nSPS) is 18.6. The zero-order valence-electron chi connectivity index (χ0n) is 13.3. The topological polar surface area (TPSA) is 58.2 Å². The van der Waals surface area contributed by atoms with E-state index in [1.165, 1.54) is 12.1 Å². The van der Waals surface area contributed by atoms with Crippen LogP contribution in [0.5, 0.6) is 0 Å². The van der Waals surface area contributed by atoms with Gasteiger partial charge in [0, 0.05) is 17.2 Å². The number of carbonyl (C=O) groups excluding carboxylic acids is 2. The van der Waals surface area contributed by atoms with Gasteiger partial charge in [-0.15, -0.1) is 0 Å². The van der Waals surface area contributed by atoms with Gasteiger partial charge in [-0.2, -0.15) is 0 Å². The van der Waals surface area contributed by atoms with Crippen LogP contribution in [0.3, 0.4) is 0 Å². The molecule has 1 fully saturated rings. The van der Waals surface area contributed by atoms with Crippen molar-refractivity contribution in [2.45, 2.75) is 13.3 Å². The molecule has 2 N–H and O–H groups in total. The van der Waals surface area contributed by atoms with E-state index in [2.05, 4.69) is 10.6 Å². The van der Waals surface area contributed by atoms with E-state index in [0.29, 0.717) is 32.9 Å². The zero-order valence-corrected chi connectivity index (χ0v) is 15.5. The van der Waals surface area contributed by atoms with E-state index in [4.69, 9.17) is 34.8 Å². The fourth-order valence-electron chi connectivity index (χ4n) is 2.47. The maximum atomic E-state index is 12.4. The van der Waals surface area contributed by atoms with Gasteiger partial charge in [0.05, 0.1) is 20.8 Å². The molecule has 0 radical (unpaired) electrons. The van der Waals surface area contributed by atoms with Gasteiger partial charge in [0.25, 0.3) is 5.91 Å². The summed E-state index contributed by atoms with van der Waals surface area (Å²) in [6.07, 6.45) is 0.905. The molecule has 0 heterocycles. The number of benzene rings is 2. The number of rotatable bonds is 4. The van der Waals surface area contributed by atoms with E-state index in [9.17, 15) is 9.59 Å². The first kappa shape index (κ1) is 18.1. The first-order valence-electron chi connectivity index (χ1n) is 7.72. The predicted molar refractivity (Wildman–Crippen MR) is 102 cm³/mol. The molecule has 1 aliphatic carbocycles. The SMILES string of the molecule is CC1CC1C(=O)Nc1cccc(C(=O)Nc2cc(Cl)c(Cl)cc2Cl)c1. The van der Waals surface area contributed by atoms with Gasteiger partial charge in [-0.25, -0.2) is 0 Å². The van der Waals surface area contributed by atoms with E-state index in [0.717, 1.165) is 6.42 Å². The summed E-state index contributed by atoms with van der Waals surface area (Å²) >= 11 is 17.9. The lowest BCUT2D eigenvalue weighted by Gasteiger charge is -2.10. The summed E-state index contributed by atoms with van der Waals surface area (Å²) in [6.45, 7) is 2.04. The highest BCUT2D eigenvalue weighted by Crippen LogP contribution is 2.38. The largest absolute Gasteiger partial charge is 0.326 e.